The van der Waals surface area contributed by atoms with Crippen LogP contribution in [0.1, 0.15) is 21.5 Å². The summed E-state index contributed by atoms with van der Waals surface area (Å²) in [6, 6.07) is 7.38. The number of carboxylic acids is 1. The molecule has 0 spiro atoms. The van der Waals surface area contributed by atoms with Crippen molar-refractivity contribution >= 4 is 21.7 Å². The molecule has 1 N–H and O–H groups in total. The van der Waals surface area contributed by atoms with E-state index in [1.54, 1.807) is 19.9 Å². The summed E-state index contributed by atoms with van der Waals surface area (Å²) >= 11 is 0. The number of anilines is 1. The second kappa shape index (κ2) is 6.00. The molecule has 7 heteroatoms. The van der Waals surface area contributed by atoms with E-state index in [1.165, 1.54) is 13.1 Å². The summed E-state index contributed by atoms with van der Waals surface area (Å²) in [5.74, 6) is -1.77. The van der Waals surface area contributed by atoms with E-state index in [4.69, 9.17) is 0 Å². The van der Waals surface area contributed by atoms with Crippen LogP contribution >= 0.6 is 0 Å². The van der Waals surface area contributed by atoms with Crippen molar-refractivity contribution in [3.63, 3.8) is 0 Å². The Balaban J connectivity index is 2.64. The van der Waals surface area contributed by atoms with Gasteiger partial charge in [0.25, 0.3) is 10.0 Å². The van der Waals surface area contributed by atoms with Crippen molar-refractivity contribution in [2.75, 3.05) is 11.4 Å². The van der Waals surface area contributed by atoms with Crippen LogP contribution in [0.3, 0.4) is 0 Å². The van der Waals surface area contributed by atoms with Gasteiger partial charge in [-0.25, -0.2) is 17.6 Å². The molecule has 2 aromatic carbocycles. The molecule has 23 heavy (non-hydrogen) atoms. The highest BCUT2D eigenvalue weighted by Gasteiger charge is 2.27. The van der Waals surface area contributed by atoms with E-state index in [2.05, 4.69) is 0 Å². The molecule has 0 aliphatic rings. The summed E-state index contributed by atoms with van der Waals surface area (Å²) in [4.78, 5) is 11.3. The number of hydrogen-bond donors (Lipinski definition) is 1. The van der Waals surface area contributed by atoms with Crippen molar-refractivity contribution in [3.8, 4) is 0 Å². The van der Waals surface area contributed by atoms with Crippen molar-refractivity contribution < 1.29 is 22.7 Å². The van der Waals surface area contributed by atoms with Crippen LogP contribution < -0.4 is 4.31 Å². The smallest absolute Gasteiger partial charge is 0.337 e. The van der Waals surface area contributed by atoms with E-state index in [-0.39, 0.29) is 16.1 Å². The molecule has 0 heterocycles. The quantitative estimate of drug-likeness (QED) is 0.931. The Morgan fingerprint density at radius 3 is 2.17 bits per heavy atom. The first-order valence-corrected chi connectivity index (χ1v) is 8.18. The third-order valence-electron chi connectivity index (χ3n) is 3.72. The fraction of sp³-hybridized carbons (Fsp3) is 0.188. The molecule has 0 saturated carbocycles. The molecular weight excluding hydrogens is 321 g/mol. The van der Waals surface area contributed by atoms with E-state index in [1.807, 2.05) is 0 Å². The third kappa shape index (κ3) is 3.05. The zero-order chi connectivity index (χ0) is 17.4. The Labute approximate surface area is 134 Å². The Morgan fingerprint density at radius 2 is 1.65 bits per heavy atom. The summed E-state index contributed by atoms with van der Waals surface area (Å²) in [5.41, 5.74) is 1.31. The van der Waals surface area contributed by atoms with Gasteiger partial charge in [-0.05, 0) is 55.3 Å². The van der Waals surface area contributed by atoms with Crippen molar-refractivity contribution in [1.82, 2.24) is 0 Å². The fourth-order valence-electron chi connectivity index (χ4n) is 2.26. The van der Waals surface area contributed by atoms with Crippen molar-refractivity contribution in [2.45, 2.75) is 18.7 Å². The predicted octanol–water partition coefficient (Wildman–Crippen LogP) is 2.97. The van der Waals surface area contributed by atoms with Crippen molar-refractivity contribution in [2.24, 2.45) is 0 Å². The molecule has 0 aliphatic heterocycles. The van der Waals surface area contributed by atoms with E-state index >= 15 is 0 Å². The standard InChI is InChI=1S/C16H16FNO4S/c1-10-4-9-14(16(19)20)15(11(10)2)18(3)23(21,22)13-7-5-12(17)6-8-13/h4-9H,1-3H3,(H,19,20). The van der Waals surface area contributed by atoms with Gasteiger partial charge in [0, 0.05) is 7.05 Å². The number of hydrogen-bond acceptors (Lipinski definition) is 3. The number of sulfonamides is 1. The average molecular weight is 337 g/mol. The van der Waals surface area contributed by atoms with Crippen LogP contribution in [0.15, 0.2) is 41.3 Å². The summed E-state index contributed by atoms with van der Waals surface area (Å²) in [6.45, 7) is 3.43. The maximum atomic E-state index is 13.0. The zero-order valence-corrected chi connectivity index (χ0v) is 13.7. The number of carboxylic acid groups (broad SMARTS) is 1. The Morgan fingerprint density at radius 1 is 1.09 bits per heavy atom. The van der Waals surface area contributed by atoms with E-state index in [0.29, 0.717) is 5.56 Å². The minimum atomic E-state index is -4.00. The van der Waals surface area contributed by atoms with E-state index in [9.17, 15) is 22.7 Å². The van der Waals surface area contributed by atoms with Gasteiger partial charge < -0.3 is 5.11 Å². The summed E-state index contributed by atoms with van der Waals surface area (Å²) in [7, 11) is -2.72. The van der Waals surface area contributed by atoms with E-state index < -0.39 is 21.8 Å². The number of rotatable bonds is 4. The maximum absolute atomic E-state index is 13.0. The molecule has 0 amide bonds. The van der Waals surface area contributed by atoms with Crippen molar-refractivity contribution in [3.05, 3.63) is 58.9 Å². The molecule has 5 nitrogen and oxygen atoms in total. The van der Waals surface area contributed by atoms with Crippen LogP contribution in [0, 0.1) is 19.7 Å². The Bertz CT molecular complexity index is 860. The first-order chi connectivity index (χ1) is 10.7. The SMILES string of the molecule is Cc1ccc(C(=O)O)c(N(C)S(=O)(=O)c2ccc(F)cc2)c1C. The first kappa shape index (κ1) is 17.0. The van der Waals surface area contributed by atoms with Gasteiger partial charge in [0.1, 0.15) is 5.82 Å². The molecule has 0 fully saturated rings. The largest absolute Gasteiger partial charge is 0.478 e. The monoisotopic (exact) mass is 337 g/mol. The highest BCUT2D eigenvalue weighted by molar-refractivity contribution is 7.92. The van der Waals surface area contributed by atoms with Crippen molar-refractivity contribution in [1.29, 1.82) is 0 Å². The number of halogens is 1. The van der Waals surface area contributed by atoms with Gasteiger partial charge in [0.2, 0.25) is 0 Å². The molecule has 2 aromatic rings. The van der Waals surface area contributed by atoms with Crippen LogP contribution in [0.4, 0.5) is 10.1 Å². The molecule has 0 saturated heterocycles. The maximum Gasteiger partial charge on any atom is 0.337 e. The molecule has 0 atom stereocenters. The van der Waals surface area contributed by atoms with Gasteiger partial charge in [-0.3, -0.25) is 4.31 Å². The Kier molecular flexibility index (Phi) is 4.42. The molecule has 0 bridgehead atoms. The second-order valence-corrected chi connectivity index (χ2v) is 7.10. The lowest BCUT2D eigenvalue weighted by Gasteiger charge is -2.24. The van der Waals surface area contributed by atoms with Crippen LogP contribution in [-0.4, -0.2) is 26.5 Å². The fourth-order valence-corrected chi connectivity index (χ4v) is 3.54. The van der Waals surface area contributed by atoms with Gasteiger partial charge in [-0.2, -0.15) is 0 Å². The summed E-state index contributed by atoms with van der Waals surface area (Å²) < 4.78 is 39.3. The molecule has 0 radical (unpaired) electrons. The number of carbonyl (C=O) groups is 1. The molecular formula is C16H16FNO4S. The van der Waals surface area contributed by atoms with Crippen LogP contribution in [0.2, 0.25) is 0 Å². The lowest BCUT2D eigenvalue weighted by atomic mass is 10.0. The molecule has 0 aromatic heterocycles. The normalized spacial score (nSPS) is 11.3. The second-order valence-electron chi connectivity index (χ2n) is 5.14. The lowest BCUT2D eigenvalue weighted by molar-refractivity contribution is 0.0697. The van der Waals surface area contributed by atoms with E-state index in [0.717, 1.165) is 34.1 Å². The average Bonchev–Trinajstić information content (AvgIpc) is 2.49. The predicted molar refractivity (Wildman–Crippen MR) is 84.9 cm³/mol. The van der Waals surface area contributed by atoms with Gasteiger partial charge >= 0.3 is 5.97 Å². The van der Waals surface area contributed by atoms with Crippen LogP contribution in [-0.2, 0) is 10.0 Å². The minimum Gasteiger partial charge on any atom is -0.478 e. The summed E-state index contributed by atoms with van der Waals surface area (Å²) in [5, 5.41) is 9.33. The minimum absolute atomic E-state index is 0.0989. The zero-order valence-electron chi connectivity index (χ0n) is 12.9. The molecule has 2 rings (SSSR count). The lowest BCUT2D eigenvalue weighted by Crippen LogP contribution is -2.29. The number of nitrogens with zero attached hydrogens (tertiary/aromatic N) is 1. The molecule has 0 aliphatic carbocycles. The highest BCUT2D eigenvalue weighted by atomic mass is 32.2. The third-order valence-corrected chi connectivity index (χ3v) is 5.49. The number of aromatic carboxylic acids is 1. The van der Waals surface area contributed by atoms with Gasteiger partial charge in [0.05, 0.1) is 16.1 Å². The molecule has 0 unspecified atom stereocenters. The molecule has 122 valence electrons. The van der Waals surface area contributed by atoms with Crippen LogP contribution in [0.5, 0.6) is 0 Å². The summed E-state index contributed by atoms with van der Waals surface area (Å²) in [6.07, 6.45) is 0. The topological polar surface area (TPSA) is 74.7 Å². The first-order valence-electron chi connectivity index (χ1n) is 6.74. The number of aryl methyl sites for hydroxylation is 1. The van der Waals surface area contributed by atoms with Gasteiger partial charge in [-0.1, -0.05) is 6.07 Å². The highest BCUT2D eigenvalue weighted by Crippen LogP contribution is 2.31. The number of benzene rings is 2. The van der Waals surface area contributed by atoms with Gasteiger partial charge in [0.15, 0.2) is 0 Å². The Hall–Kier alpha value is -2.41. The van der Waals surface area contributed by atoms with Gasteiger partial charge in [-0.15, -0.1) is 0 Å². The van der Waals surface area contributed by atoms with Crippen LogP contribution in [0.25, 0.3) is 0 Å².